The molecule has 4 nitrogen and oxygen atoms in total. The average Bonchev–Trinajstić information content (AvgIpc) is 2.07. The summed E-state index contributed by atoms with van der Waals surface area (Å²) >= 11 is 0. The molecule has 0 saturated carbocycles. The molecular formula is C8H12N4. The highest BCUT2D eigenvalue weighted by molar-refractivity contribution is 5.98. The number of amidine groups is 1. The van der Waals surface area contributed by atoms with Crippen molar-refractivity contribution in [2.75, 3.05) is 7.05 Å². The first kappa shape index (κ1) is 8.67. The lowest BCUT2D eigenvalue weighted by Gasteiger charge is -2.03. The van der Waals surface area contributed by atoms with Gasteiger partial charge in [-0.2, -0.15) is 0 Å². The summed E-state index contributed by atoms with van der Waals surface area (Å²) in [7, 11) is 1.68. The van der Waals surface area contributed by atoms with Crippen molar-refractivity contribution in [1.29, 1.82) is 0 Å². The van der Waals surface area contributed by atoms with Crippen molar-refractivity contribution in [3.8, 4) is 0 Å². The summed E-state index contributed by atoms with van der Waals surface area (Å²) in [6.07, 6.45) is 3.50. The zero-order valence-electron chi connectivity index (χ0n) is 7.20. The molecule has 0 aliphatic heterocycles. The van der Waals surface area contributed by atoms with Crippen molar-refractivity contribution in [2.45, 2.75) is 6.92 Å². The third-order valence-electron chi connectivity index (χ3n) is 1.51. The Hall–Kier alpha value is -1.42. The van der Waals surface area contributed by atoms with Gasteiger partial charge in [-0.25, -0.2) is 5.84 Å². The highest BCUT2D eigenvalue weighted by Crippen LogP contribution is 2.00. The molecule has 0 unspecified atom stereocenters. The molecule has 12 heavy (non-hydrogen) atoms. The maximum Gasteiger partial charge on any atom is 0.143 e. The van der Waals surface area contributed by atoms with Crippen LogP contribution in [0.4, 0.5) is 0 Å². The van der Waals surface area contributed by atoms with Crippen LogP contribution in [0, 0.1) is 6.92 Å². The van der Waals surface area contributed by atoms with E-state index in [2.05, 4.69) is 15.4 Å². The lowest BCUT2D eigenvalue weighted by Crippen LogP contribution is -2.31. The second kappa shape index (κ2) is 3.82. The lowest BCUT2D eigenvalue weighted by molar-refractivity contribution is 1.01. The van der Waals surface area contributed by atoms with Gasteiger partial charge >= 0.3 is 0 Å². The van der Waals surface area contributed by atoms with E-state index in [-0.39, 0.29) is 0 Å². The second-order valence-electron chi connectivity index (χ2n) is 2.47. The topological polar surface area (TPSA) is 63.3 Å². The van der Waals surface area contributed by atoms with Crippen LogP contribution in [0.25, 0.3) is 0 Å². The Balaban J connectivity index is 3.02. The summed E-state index contributed by atoms with van der Waals surface area (Å²) in [5, 5.41) is 0. The predicted octanol–water partition coefficient (Wildman–Crippen LogP) is 0.230. The van der Waals surface area contributed by atoms with E-state index in [1.54, 1.807) is 19.4 Å². The monoisotopic (exact) mass is 164 g/mol. The average molecular weight is 164 g/mol. The van der Waals surface area contributed by atoms with Crippen molar-refractivity contribution in [2.24, 2.45) is 10.8 Å². The van der Waals surface area contributed by atoms with Crippen molar-refractivity contribution in [1.82, 2.24) is 10.4 Å². The molecule has 1 aromatic rings. The fourth-order valence-electron chi connectivity index (χ4n) is 0.961. The zero-order valence-corrected chi connectivity index (χ0v) is 7.20. The Bertz CT molecular complexity index is 293. The summed E-state index contributed by atoms with van der Waals surface area (Å²) in [6.45, 7) is 1.97. The molecule has 0 amide bonds. The molecule has 0 aliphatic rings. The number of aliphatic imine (C=N–C) groups is 1. The minimum atomic E-state index is 0.645. The first-order valence-electron chi connectivity index (χ1n) is 3.63. The second-order valence-corrected chi connectivity index (χ2v) is 2.47. The molecule has 1 aromatic heterocycles. The number of nitrogens with one attached hydrogen (secondary N) is 1. The summed E-state index contributed by atoms with van der Waals surface area (Å²) in [5.74, 6) is 5.90. The van der Waals surface area contributed by atoms with E-state index in [9.17, 15) is 0 Å². The number of aromatic nitrogens is 1. The largest absolute Gasteiger partial charge is 0.308 e. The van der Waals surface area contributed by atoms with Crippen molar-refractivity contribution in [3.05, 3.63) is 29.6 Å². The summed E-state index contributed by atoms with van der Waals surface area (Å²) < 4.78 is 0. The van der Waals surface area contributed by atoms with Crippen LogP contribution in [0.5, 0.6) is 0 Å². The number of nitrogens with two attached hydrogens (primary N) is 1. The molecule has 0 radical (unpaired) electrons. The number of nitrogens with zero attached hydrogens (tertiary/aromatic N) is 2. The smallest absolute Gasteiger partial charge is 0.143 e. The Labute approximate surface area is 71.5 Å². The first-order valence-corrected chi connectivity index (χ1v) is 3.63. The summed E-state index contributed by atoms with van der Waals surface area (Å²) in [5.41, 5.74) is 4.49. The third kappa shape index (κ3) is 1.79. The maximum absolute atomic E-state index is 5.26. The number of hydrogen-bond acceptors (Lipinski definition) is 3. The SMILES string of the molecule is CN=C(NN)c1cncc(C)c1. The number of pyridine rings is 1. The molecule has 3 N–H and O–H groups in total. The molecule has 0 fully saturated rings. The van der Waals surface area contributed by atoms with Crippen molar-refractivity contribution >= 4 is 5.84 Å². The molecule has 0 saturated heterocycles. The normalized spacial score (nSPS) is 11.4. The van der Waals surface area contributed by atoms with Crippen LogP contribution in [0.3, 0.4) is 0 Å². The summed E-state index contributed by atoms with van der Waals surface area (Å²) in [4.78, 5) is 7.98. The van der Waals surface area contributed by atoms with E-state index >= 15 is 0 Å². The maximum atomic E-state index is 5.26. The van der Waals surface area contributed by atoms with E-state index < -0.39 is 0 Å². The molecule has 0 aromatic carbocycles. The molecule has 0 spiro atoms. The standard InChI is InChI=1S/C8H12N4/c1-6-3-7(5-11-4-6)8(10-2)12-9/h3-5H,9H2,1-2H3,(H,10,12). The van der Waals surface area contributed by atoms with Gasteiger partial charge in [0.2, 0.25) is 0 Å². The van der Waals surface area contributed by atoms with Crippen LogP contribution in [0.2, 0.25) is 0 Å². The van der Waals surface area contributed by atoms with Gasteiger partial charge in [-0.1, -0.05) is 0 Å². The lowest BCUT2D eigenvalue weighted by atomic mass is 10.2. The fraction of sp³-hybridized carbons (Fsp3) is 0.250. The Morgan fingerprint density at radius 2 is 2.33 bits per heavy atom. The van der Waals surface area contributed by atoms with Gasteiger partial charge in [0, 0.05) is 25.0 Å². The van der Waals surface area contributed by atoms with Crippen molar-refractivity contribution in [3.63, 3.8) is 0 Å². The molecule has 0 aliphatic carbocycles. The van der Waals surface area contributed by atoms with E-state index in [1.807, 2.05) is 13.0 Å². The van der Waals surface area contributed by atoms with Gasteiger partial charge in [0.1, 0.15) is 5.84 Å². The zero-order chi connectivity index (χ0) is 8.97. The fourth-order valence-corrected chi connectivity index (χ4v) is 0.961. The molecule has 0 bridgehead atoms. The van der Waals surface area contributed by atoms with Crippen LogP contribution in [-0.4, -0.2) is 17.9 Å². The van der Waals surface area contributed by atoms with Gasteiger partial charge in [-0.05, 0) is 18.6 Å². The number of rotatable bonds is 1. The van der Waals surface area contributed by atoms with E-state index in [4.69, 9.17) is 5.84 Å². The van der Waals surface area contributed by atoms with E-state index in [0.29, 0.717) is 5.84 Å². The van der Waals surface area contributed by atoms with Gasteiger partial charge in [0.25, 0.3) is 0 Å². The van der Waals surface area contributed by atoms with Crippen LogP contribution in [0.1, 0.15) is 11.1 Å². The Morgan fingerprint density at radius 1 is 1.58 bits per heavy atom. The minimum Gasteiger partial charge on any atom is -0.308 e. The van der Waals surface area contributed by atoms with Crippen LogP contribution < -0.4 is 11.3 Å². The van der Waals surface area contributed by atoms with E-state index in [1.165, 1.54) is 0 Å². The van der Waals surface area contributed by atoms with Gasteiger partial charge in [0.05, 0.1) is 0 Å². The first-order chi connectivity index (χ1) is 5.77. The predicted molar refractivity (Wildman–Crippen MR) is 48.8 cm³/mol. The highest BCUT2D eigenvalue weighted by Gasteiger charge is 1.99. The number of aryl methyl sites for hydroxylation is 1. The molecule has 1 heterocycles. The van der Waals surface area contributed by atoms with Crippen LogP contribution in [-0.2, 0) is 0 Å². The Kier molecular flexibility index (Phi) is 2.76. The molecular weight excluding hydrogens is 152 g/mol. The number of hydrazine groups is 1. The van der Waals surface area contributed by atoms with Gasteiger partial charge < -0.3 is 5.43 Å². The molecule has 4 heteroatoms. The minimum absolute atomic E-state index is 0.645. The quantitative estimate of drug-likeness (QED) is 0.270. The molecule has 64 valence electrons. The van der Waals surface area contributed by atoms with E-state index in [0.717, 1.165) is 11.1 Å². The number of hydrogen-bond donors (Lipinski definition) is 2. The highest BCUT2D eigenvalue weighted by atomic mass is 15.2. The van der Waals surface area contributed by atoms with Gasteiger partial charge in [-0.3, -0.25) is 9.98 Å². The van der Waals surface area contributed by atoms with Crippen LogP contribution in [0.15, 0.2) is 23.5 Å². The van der Waals surface area contributed by atoms with Crippen LogP contribution >= 0.6 is 0 Å². The molecule has 1 rings (SSSR count). The Morgan fingerprint density at radius 3 is 2.83 bits per heavy atom. The molecule has 0 atom stereocenters. The summed E-state index contributed by atoms with van der Waals surface area (Å²) in [6, 6.07) is 1.97. The third-order valence-corrected chi connectivity index (χ3v) is 1.51. The van der Waals surface area contributed by atoms with Gasteiger partial charge in [0.15, 0.2) is 0 Å². The van der Waals surface area contributed by atoms with Gasteiger partial charge in [-0.15, -0.1) is 0 Å². The van der Waals surface area contributed by atoms with Crippen molar-refractivity contribution < 1.29 is 0 Å².